The first kappa shape index (κ1) is 29.0. The summed E-state index contributed by atoms with van der Waals surface area (Å²) in [4.78, 5) is 62.2. The molecule has 5 N–H and O–H groups in total. The van der Waals surface area contributed by atoms with E-state index in [1.165, 1.54) is 12.1 Å². The molecule has 0 aliphatic carbocycles. The smallest absolute Gasteiger partial charge is 0.389 e. The second-order valence-electron chi connectivity index (χ2n) is 8.30. The number of ketones is 1. The Kier molecular flexibility index (Phi) is 10.2. The van der Waals surface area contributed by atoms with Crippen molar-refractivity contribution in [1.82, 2.24) is 16.0 Å². The molecule has 1 saturated heterocycles. The highest BCUT2D eigenvalue weighted by molar-refractivity contribution is 6.38. The number of benzene rings is 1. The number of hydrogen-bond acceptors (Lipinski definition) is 6. The maximum absolute atomic E-state index is 13.1. The fourth-order valence-electron chi connectivity index (χ4n) is 3.60. The molecule has 3 atom stereocenters. The molecule has 2 rings (SSSR count). The first-order valence-corrected chi connectivity index (χ1v) is 11.4. The first-order chi connectivity index (χ1) is 16.8. The molecular formula is C22H26ClF3N4O6. The molecule has 0 spiro atoms. The number of hydrogen-bond donors (Lipinski definition) is 5. The summed E-state index contributed by atoms with van der Waals surface area (Å²) in [6, 6.07) is 2.01. The highest BCUT2D eigenvalue weighted by atomic mass is 35.5. The number of Topliss-reactive ketones (excluding diaryl/α,β-unsaturated/α-hetero) is 1. The molecule has 1 fully saturated rings. The summed E-state index contributed by atoms with van der Waals surface area (Å²) in [7, 11) is 0. The van der Waals surface area contributed by atoms with E-state index >= 15 is 0 Å². The van der Waals surface area contributed by atoms with Gasteiger partial charge in [0.15, 0.2) is 0 Å². The second-order valence-corrected chi connectivity index (χ2v) is 8.74. The van der Waals surface area contributed by atoms with Crippen LogP contribution in [0.3, 0.4) is 0 Å². The summed E-state index contributed by atoms with van der Waals surface area (Å²) < 4.78 is 37.3. The van der Waals surface area contributed by atoms with Crippen molar-refractivity contribution in [2.75, 3.05) is 18.5 Å². The van der Waals surface area contributed by atoms with E-state index in [-0.39, 0.29) is 41.2 Å². The standard InChI is InChI=1S/C22H26ClF3N4O6/c1-11-8-12(19(34)28-11)9-16(18(33)21(36)27-6-7-31)30-20(35)14-10-13(23)2-3-15(14)29-17(32)4-5-22(24,25)26/h2-3,10-12,16,31H,4-9H2,1H3,(H,27,36)(H,28,34)(H,29,32)(H,30,35)/t11-,12+,16+/m1/s1. The van der Waals surface area contributed by atoms with Crippen LogP contribution in [0.25, 0.3) is 0 Å². The van der Waals surface area contributed by atoms with E-state index in [0.29, 0.717) is 6.42 Å². The van der Waals surface area contributed by atoms with Crippen molar-refractivity contribution in [2.45, 2.75) is 50.9 Å². The van der Waals surface area contributed by atoms with Gasteiger partial charge in [-0.25, -0.2) is 0 Å². The van der Waals surface area contributed by atoms with Crippen LogP contribution >= 0.6 is 11.6 Å². The molecule has 4 amide bonds. The van der Waals surface area contributed by atoms with E-state index in [2.05, 4.69) is 21.3 Å². The van der Waals surface area contributed by atoms with Crippen molar-refractivity contribution in [3.8, 4) is 0 Å². The van der Waals surface area contributed by atoms with Crippen LogP contribution in [-0.4, -0.2) is 65.9 Å². The van der Waals surface area contributed by atoms with Crippen LogP contribution in [-0.2, 0) is 19.2 Å². The van der Waals surface area contributed by atoms with Crippen molar-refractivity contribution in [3.63, 3.8) is 0 Å². The molecule has 10 nitrogen and oxygen atoms in total. The topological polar surface area (TPSA) is 154 Å². The number of halogens is 4. The quantitative estimate of drug-likeness (QED) is 0.270. The van der Waals surface area contributed by atoms with E-state index in [9.17, 15) is 37.1 Å². The Morgan fingerprint density at radius 1 is 1.25 bits per heavy atom. The number of amides is 4. The number of nitrogens with one attached hydrogen (secondary N) is 4. The average molecular weight is 535 g/mol. The normalized spacial score (nSPS) is 18.2. The largest absolute Gasteiger partial charge is 0.395 e. The van der Waals surface area contributed by atoms with Crippen molar-refractivity contribution in [1.29, 1.82) is 0 Å². The van der Waals surface area contributed by atoms with Gasteiger partial charge in [-0.1, -0.05) is 11.6 Å². The van der Waals surface area contributed by atoms with Gasteiger partial charge in [0, 0.05) is 29.9 Å². The Hall–Kier alpha value is -3.19. The predicted octanol–water partition coefficient (Wildman–Crippen LogP) is 1.31. The maximum atomic E-state index is 13.1. The van der Waals surface area contributed by atoms with E-state index < -0.39 is 61.1 Å². The third kappa shape index (κ3) is 8.79. The molecular weight excluding hydrogens is 509 g/mol. The van der Waals surface area contributed by atoms with E-state index in [1.54, 1.807) is 6.92 Å². The SMILES string of the molecule is C[C@@H]1C[C@@H](C[C@H](NC(=O)c2cc(Cl)ccc2NC(=O)CCC(F)(F)F)C(=O)C(=O)NCCO)C(=O)N1. The number of rotatable bonds is 11. The zero-order valence-corrected chi connectivity index (χ0v) is 20.0. The summed E-state index contributed by atoms with van der Waals surface area (Å²) in [6.45, 7) is 1.11. The Bertz CT molecular complexity index is 1020. The Morgan fingerprint density at radius 2 is 1.94 bits per heavy atom. The molecule has 0 bridgehead atoms. The number of anilines is 1. The third-order valence-electron chi connectivity index (χ3n) is 5.30. The van der Waals surface area contributed by atoms with Crippen LogP contribution in [0.5, 0.6) is 0 Å². The highest BCUT2D eigenvalue weighted by Gasteiger charge is 2.36. The lowest BCUT2D eigenvalue weighted by atomic mass is 9.93. The molecule has 0 unspecified atom stereocenters. The van der Waals surface area contributed by atoms with Crippen LogP contribution in [0.15, 0.2) is 18.2 Å². The minimum Gasteiger partial charge on any atom is -0.395 e. The van der Waals surface area contributed by atoms with Crippen LogP contribution in [0.1, 0.15) is 43.0 Å². The number of carbonyl (C=O) groups excluding carboxylic acids is 5. The van der Waals surface area contributed by atoms with E-state index in [4.69, 9.17) is 16.7 Å². The van der Waals surface area contributed by atoms with Gasteiger partial charge in [0.05, 0.1) is 30.3 Å². The molecule has 1 heterocycles. The molecule has 1 aromatic carbocycles. The van der Waals surface area contributed by atoms with Gasteiger partial charge in [0.1, 0.15) is 0 Å². The van der Waals surface area contributed by atoms with Crippen molar-refractivity contribution < 1.29 is 42.3 Å². The van der Waals surface area contributed by atoms with Crippen LogP contribution in [0.2, 0.25) is 5.02 Å². The van der Waals surface area contributed by atoms with E-state index in [0.717, 1.165) is 6.07 Å². The van der Waals surface area contributed by atoms with Crippen molar-refractivity contribution in [2.24, 2.45) is 5.92 Å². The lowest BCUT2D eigenvalue weighted by molar-refractivity contribution is -0.142. The zero-order valence-electron chi connectivity index (χ0n) is 19.2. The maximum Gasteiger partial charge on any atom is 0.389 e. The van der Waals surface area contributed by atoms with Crippen molar-refractivity contribution >= 4 is 46.7 Å². The van der Waals surface area contributed by atoms with Crippen molar-refractivity contribution in [3.05, 3.63) is 28.8 Å². The Morgan fingerprint density at radius 3 is 2.53 bits per heavy atom. The van der Waals surface area contributed by atoms with Gasteiger partial charge in [-0.15, -0.1) is 0 Å². The number of aliphatic hydroxyl groups excluding tert-OH is 1. The number of carbonyl (C=O) groups is 5. The third-order valence-corrected chi connectivity index (χ3v) is 5.53. The van der Waals surface area contributed by atoms with Crippen LogP contribution < -0.4 is 21.3 Å². The average Bonchev–Trinajstić information content (AvgIpc) is 3.12. The van der Waals surface area contributed by atoms with Crippen LogP contribution in [0.4, 0.5) is 18.9 Å². The molecule has 1 aliphatic heterocycles. The van der Waals surface area contributed by atoms with Gasteiger partial charge in [-0.05, 0) is 38.0 Å². The zero-order chi connectivity index (χ0) is 27.0. The Labute approximate surface area is 209 Å². The van der Waals surface area contributed by atoms with Gasteiger partial charge in [-0.2, -0.15) is 13.2 Å². The summed E-state index contributed by atoms with van der Waals surface area (Å²) in [5, 5.41) is 18.4. The predicted molar refractivity (Wildman–Crippen MR) is 122 cm³/mol. The number of alkyl halides is 3. The lowest BCUT2D eigenvalue weighted by Gasteiger charge is -2.21. The lowest BCUT2D eigenvalue weighted by Crippen LogP contribution is -2.49. The minimum absolute atomic E-state index is 0.0565. The van der Waals surface area contributed by atoms with Gasteiger partial charge in [-0.3, -0.25) is 24.0 Å². The molecule has 0 aromatic heterocycles. The van der Waals surface area contributed by atoms with Gasteiger partial charge in [0.2, 0.25) is 17.6 Å². The highest BCUT2D eigenvalue weighted by Crippen LogP contribution is 2.25. The second kappa shape index (κ2) is 12.7. The summed E-state index contributed by atoms with van der Waals surface area (Å²) in [5.41, 5.74) is -0.423. The minimum atomic E-state index is -4.55. The summed E-state index contributed by atoms with van der Waals surface area (Å²) in [6.07, 6.45) is -6.65. The van der Waals surface area contributed by atoms with Gasteiger partial charge < -0.3 is 26.4 Å². The molecule has 36 heavy (non-hydrogen) atoms. The first-order valence-electron chi connectivity index (χ1n) is 11.0. The monoisotopic (exact) mass is 534 g/mol. The molecule has 1 aliphatic rings. The molecule has 0 saturated carbocycles. The van der Waals surface area contributed by atoms with E-state index in [1.807, 2.05) is 0 Å². The fraction of sp³-hybridized carbons (Fsp3) is 0.500. The van der Waals surface area contributed by atoms with Gasteiger partial charge >= 0.3 is 6.18 Å². The molecule has 198 valence electrons. The summed E-state index contributed by atoms with van der Waals surface area (Å²) in [5.74, 6) is -5.15. The molecule has 14 heteroatoms. The molecule has 0 radical (unpaired) electrons. The van der Waals surface area contributed by atoms with Gasteiger partial charge in [0.25, 0.3) is 11.8 Å². The molecule has 1 aromatic rings. The number of aliphatic hydroxyl groups is 1. The van der Waals surface area contributed by atoms with Crippen LogP contribution in [0, 0.1) is 5.92 Å². The summed E-state index contributed by atoms with van der Waals surface area (Å²) >= 11 is 5.95. The Balaban J connectivity index is 2.25. The fourth-order valence-corrected chi connectivity index (χ4v) is 3.78.